The zero-order valence-electron chi connectivity index (χ0n) is 20.7. The second kappa shape index (κ2) is 9.60. The molecule has 0 unspecified atom stereocenters. The van der Waals surface area contributed by atoms with Gasteiger partial charge in [0, 0.05) is 6.26 Å². The minimum absolute atomic E-state index is 0.00273. The third-order valence-electron chi connectivity index (χ3n) is 5.44. The van der Waals surface area contributed by atoms with Crippen molar-refractivity contribution in [2.45, 2.75) is 26.2 Å². The lowest BCUT2D eigenvalue weighted by molar-refractivity contribution is -0.114. The number of esters is 1. The Morgan fingerprint density at radius 2 is 1.78 bits per heavy atom. The topological polar surface area (TPSA) is 139 Å². The molecule has 0 bridgehead atoms. The number of sulfone groups is 1. The van der Waals surface area contributed by atoms with Crippen LogP contribution in [0.1, 0.15) is 42.3 Å². The number of fused-ring (bicyclic) bond motifs is 1. The van der Waals surface area contributed by atoms with Gasteiger partial charge in [0.15, 0.2) is 17.3 Å². The number of ether oxygens (including phenoxy) is 2. The van der Waals surface area contributed by atoms with Gasteiger partial charge in [-0.15, -0.1) is 5.10 Å². The van der Waals surface area contributed by atoms with Gasteiger partial charge >= 0.3 is 5.97 Å². The maximum atomic E-state index is 12.7. The van der Waals surface area contributed by atoms with E-state index >= 15 is 0 Å². The second-order valence-corrected chi connectivity index (χ2v) is 12.4. The van der Waals surface area contributed by atoms with Gasteiger partial charge in [0.1, 0.15) is 0 Å². The molecule has 10 nitrogen and oxygen atoms in total. The van der Waals surface area contributed by atoms with Crippen molar-refractivity contribution in [2.75, 3.05) is 13.4 Å². The summed E-state index contributed by atoms with van der Waals surface area (Å²) in [5.41, 5.74) is 1.80. The van der Waals surface area contributed by atoms with Gasteiger partial charge in [-0.05, 0) is 58.6 Å². The standard InChI is InChI=1S/C25H24N4O6S2/c1-25(2,3)16-9-7-15(8-10-16)22(31)35-18-11-6-14(13-19(18)34-4)12-17-20(26)29-23(27-21(17)30)36-24(28-29)37(5,32)33/h6-13,26H,1-5H3/b17-12-,26-20?. The fourth-order valence-corrected chi connectivity index (χ4v) is 5.10. The van der Waals surface area contributed by atoms with Crippen molar-refractivity contribution in [1.82, 2.24) is 5.01 Å². The van der Waals surface area contributed by atoms with E-state index in [2.05, 4.69) is 30.9 Å². The summed E-state index contributed by atoms with van der Waals surface area (Å²) in [5.74, 6) is -1.15. The summed E-state index contributed by atoms with van der Waals surface area (Å²) in [6, 6.07) is 11.8. The van der Waals surface area contributed by atoms with Gasteiger partial charge in [-0.2, -0.15) is 10.0 Å². The maximum absolute atomic E-state index is 12.7. The lowest BCUT2D eigenvalue weighted by Gasteiger charge is -2.20. The van der Waals surface area contributed by atoms with Crippen LogP contribution in [0.15, 0.2) is 58.1 Å². The second-order valence-electron chi connectivity index (χ2n) is 9.29. The van der Waals surface area contributed by atoms with E-state index in [0.29, 0.717) is 22.9 Å². The van der Waals surface area contributed by atoms with Crippen molar-refractivity contribution in [2.24, 2.45) is 10.1 Å². The number of carbonyl (C=O) groups is 2. The van der Waals surface area contributed by atoms with E-state index in [0.717, 1.165) is 16.8 Å². The van der Waals surface area contributed by atoms with Crippen LogP contribution in [0.5, 0.6) is 11.5 Å². The lowest BCUT2D eigenvalue weighted by Crippen LogP contribution is -2.35. The van der Waals surface area contributed by atoms with E-state index in [9.17, 15) is 18.0 Å². The van der Waals surface area contributed by atoms with Crippen molar-refractivity contribution < 1.29 is 27.5 Å². The molecule has 1 amide bonds. The molecule has 2 aromatic carbocycles. The molecule has 192 valence electrons. The van der Waals surface area contributed by atoms with E-state index in [1.54, 1.807) is 24.3 Å². The number of hydrazone groups is 1. The molecule has 0 aromatic heterocycles. The summed E-state index contributed by atoms with van der Waals surface area (Å²) in [6.45, 7) is 6.25. The zero-order chi connectivity index (χ0) is 27.1. The molecule has 0 radical (unpaired) electrons. The van der Waals surface area contributed by atoms with Gasteiger partial charge in [0.2, 0.25) is 19.4 Å². The van der Waals surface area contributed by atoms with Crippen molar-refractivity contribution >= 4 is 54.9 Å². The van der Waals surface area contributed by atoms with Crippen LogP contribution >= 0.6 is 11.8 Å². The Hall–Kier alpha value is -3.77. The van der Waals surface area contributed by atoms with Crippen LogP contribution in [0, 0.1) is 5.41 Å². The molecule has 0 atom stereocenters. The first-order valence-electron chi connectivity index (χ1n) is 11.0. The zero-order valence-corrected chi connectivity index (χ0v) is 22.4. The van der Waals surface area contributed by atoms with Gasteiger partial charge in [-0.3, -0.25) is 10.2 Å². The Labute approximate surface area is 218 Å². The van der Waals surface area contributed by atoms with Crippen LogP contribution in [0.4, 0.5) is 0 Å². The van der Waals surface area contributed by atoms with Crippen molar-refractivity contribution in [3.63, 3.8) is 0 Å². The average Bonchev–Trinajstić information content (AvgIpc) is 3.27. The Balaban J connectivity index is 1.57. The normalized spacial score (nSPS) is 16.9. The number of nitrogens with one attached hydrogen (secondary N) is 1. The number of amides is 1. The fourth-order valence-electron chi connectivity index (χ4n) is 3.41. The predicted molar refractivity (Wildman–Crippen MR) is 143 cm³/mol. The summed E-state index contributed by atoms with van der Waals surface area (Å²) in [5, 5.41) is 13.3. The molecule has 1 N–H and O–H groups in total. The van der Waals surface area contributed by atoms with Crippen molar-refractivity contribution in [3.05, 3.63) is 64.7 Å². The fraction of sp³-hybridized carbons (Fsp3) is 0.240. The first-order valence-corrected chi connectivity index (χ1v) is 13.7. The lowest BCUT2D eigenvalue weighted by atomic mass is 9.87. The van der Waals surface area contributed by atoms with Crippen LogP contribution in [0.3, 0.4) is 0 Å². The molecular weight excluding hydrogens is 516 g/mol. The van der Waals surface area contributed by atoms with E-state index in [4.69, 9.17) is 14.9 Å². The van der Waals surface area contributed by atoms with Crippen LogP contribution in [-0.4, -0.2) is 54.0 Å². The molecule has 0 saturated carbocycles. The maximum Gasteiger partial charge on any atom is 0.343 e. The van der Waals surface area contributed by atoms with E-state index in [1.807, 2.05) is 12.1 Å². The van der Waals surface area contributed by atoms with Crippen molar-refractivity contribution in [1.29, 1.82) is 5.41 Å². The molecule has 0 saturated heterocycles. The molecule has 0 aliphatic carbocycles. The molecule has 0 fully saturated rings. The van der Waals surface area contributed by atoms with Crippen LogP contribution in [-0.2, 0) is 20.0 Å². The molecular formula is C25H24N4O6S2. The number of aliphatic imine (C=N–C) groups is 1. The molecule has 2 aliphatic rings. The average molecular weight is 541 g/mol. The number of methoxy groups -OCH3 is 1. The van der Waals surface area contributed by atoms with Crippen LogP contribution in [0.2, 0.25) is 0 Å². The Morgan fingerprint density at radius 1 is 1.11 bits per heavy atom. The van der Waals surface area contributed by atoms with Gasteiger partial charge < -0.3 is 9.47 Å². The summed E-state index contributed by atoms with van der Waals surface area (Å²) in [7, 11) is -2.21. The van der Waals surface area contributed by atoms with E-state index < -0.39 is 21.7 Å². The summed E-state index contributed by atoms with van der Waals surface area (Å²) < 4.78 is 34.3. The summed E-state index contributed by atoms with van der Waals surface area (Å²) in [4.78, 5) is 29.1. The number of rotatable bonds is 4. The molecule has 2 heterocycles. The van der Waals surface area contributed by atoms with Gasteiger partial charge in [0.25, 0.3) is 5.91 Å². The van der Waals surface area contributed by atoms with Crippen LogP contribution in [0.25, 0.3) is 6.08 Å². The molecule has 0 spiro atoms. The number of thioether (sulfide) groups is 1. The molecule has 2 aromatic rings. The van der Waals surface area contributed by atoms with Gasteiger partial charge in [0.05, 0.1) is 18.2 Å². The largest absolute Gasteiger partial charge is 0.493 e. The molecule has 37 heavy (non-hydrogen) atoms. The quantitative estimate of drug-likeness (QED) is 0.351. The Bertz CT molecular complexity index is 1520. The highest BCUT2D eigenvalue weighted by atomic mass is 32.3. The summed E-state index contributed by atoms with van der Waals surface area (Å²) in [6.07, 6.45) is 2.39. The summed E-state index contributed by atoms with van der Waals surface area (Å²) >= 11 is 0.712. The Morgan fingerprint density at radius 3 is 2.38 bits per heavy atom. The molecule has 12 heteroatoms. The van der Waals surface area contributed by atoms with E-state index in [1.165, 1.54) is 19.3 Å². The molecule has 2 aliphatic heterocycles. The number of carbonyl (C=O) groups excluding carboxylic acids is 2. The van der Waals surface area contributed by atoms with Gasteiger partial charge in [-0.25, -0.2) is 13.2 Å². The minimum Gasteiger partial charge on any atom is -0.493 e. The number of hydrogen-bond donors (Lipinski definition) is 1. The molecule has 4 rings (SSSR count). The third-order valence-corrected chi connectivity index (χ3v) is 8.02. The predicted octanol–water partition coefficient (Wildman–Crippen LogP) is 3.83. The van der Waals surface area contributed by atoms with Crippen LogP contribution < -0.4 is 9.47 Å². The highest BCUT2D eigenvalue weighted by Crippen LogP contribution is 2.33. The monoisotopic (exact) mass is 540 g/mol. The third kappa shape index (κ3) is 5.49. The van der Waals surface area contributed by atoms with Gasteiger partial charge in [-0.1, -0.05) is 39.0 Å². The highest BCUT2D eigenvalue weighted by molar-refractivity contribution is 8.42. The first-order chi connectivity index (χ1) is 17.3. The smallest absolute Gasteiger partial charge is 0.343 e. The minimum atomic E-state index is -3.63. The van der Waals surface area contributed by atoms with Crippen molar-refractivity contribution in [3.8, 4) is 11.5 Å². The first kappa shape index (κ1) is 26.3. The SMILES string of the molecule is COc1cc(/C=C2/C(=N)N3N=C(S(C)(=O)=O)SC3=NC2=O)ccc1OC(=O)c1ccc(C(C)(C)C)cc1. The number of hydrogen-bond acceptors (Lipinski definition) is 9. The number of nitrogens with zero attached hydrogens (tertiary/aromatic N) is 3. The Kier molecular flexibility index (Phi) is 6.82. The van der Waals surface area contributed by atoms with E-state index in [-0.39, 0.29) is 37.9 Å². The highest BCUT2D eigenvalue weighted by Gasteiger charge is 2.38. The number of amidine groups is 2. The number of benzene rings is 2.